The molecule has 2 aromatic heterocycles. The largest absolute Gasteiger partial charge is 0.457 e. The molecule has 0 radical (unpaired) electrons. The van der Waals surface area contributed by atoms with Crippen LogP contribution in [0.25, 0.3) is 27.6 Å². The average Bonchev–Trinajstić information content (AvgIpc) is 3.83. The van der Waals surface area contributed by atoms with E-state index in [1.165, 1.54) is 55.5 Å². The average molecular weight is 879 g/mol. The van der Waals surface area contributed by atoms with Crippen LogP contribution in [0.2, 0.25) is 0 Å². The Balaban J connectivity index is 1.26. The first kappa shape index (κ1) is 46.7. The summed E-state index contributed by atoms with van der Waals surface area (Å²) in [5, 5.41) is 2.39. The SMILES string of the molecule is CC(C)(C)c1cc(Oc2ccc3c4cc(C(C)(C)C)ccc4n(-c4cc(C(C)(C)C)ccn4)c3c2)cc(N2C=C(C(C)(C)c3ccccc3)N(c3cc(C(C)(C)C)cc(C(C)(C)C)c3)C2)c1. The number of hydrogen-bond donors (Lipinski definition) is 0. The fraction of sp³-hybridized carbons (Fsp3) is 0.393. The normalized spacial score (nSPS) is 14.4. The number of hydrogen-bond acceptors (Lipinski definition) is 4. The molecule has 0 unspecified atom stereocenters. The first-order chi connectivity index (χ1) is 30.6. The van der Waals surface area contributed by atoms with Crippen LogP contribution in [0.4, 0.5) is 11.4 Å². The Morgan fingerprint density at radius 2 is 1.02 bits per heavy atom. The first-order valence-electron chi connectivity index (χ1n) is 24.0. The van der Waals surface area contributed by atoms with Crippen molar-refractivity contribution < 1.29 is 4.74 Å². The number of aromatic nitrogens is 2. The van der Waals surface area contributed by atoms with Crippen LogP contribution >= 0.6 is 0 Å². The Kier molecular flexibility index (Phi) is 11.5. The van der Waals surface area contributed by atoms with E-state index >= 15 is 0 Å². The zero-order chi connectivity index (χ0) is 47.9. The Hall–Kier alpha value is -5.81. The van der Waals surface area contributed by atoms with E-state index in [1.807, 2.05) is 6.20 Å². The van der Waals surface area contributed by atoms with E-state index in [-0.39, 0.29) is 32.5 Å². The van der Waals surface area contributed by atoms with Gasteiger partial charge in [-0.15, -0.1) is 0 Å². The van der Waals surface area contributed by atoms with Crippen LogP contribution in [0.1, 0.15) is 151 Å². The molecule has 344 valence electrons. The van der Waals surface area contributed by atoms with Crippen LogP contribution in [0.3, 0.4) is 0 Å². The molecule has 3 heterocycles. The molecule has 0 spiro atoms. The topological polar surface area (TPSA) is 33.5 Å². The predicted molar refractivity (Wildman–Crippen MR) is 282 cm³/mol. The summed E-state index contributed by atoms with van der Waals surface area (Å²) in [4.78, 5) is 9.95. The molecule has 0 amide bonds. The van der Waals surface area contributed by atoms with Crippen molar-refractivity contribution in [3.63, 3.8) is 0 Å². The van der Waals surface area contributed by atoms with E-state index in [0.717, 1.165) is 34.0 Å². The molecule has 5 aromatic carbocycles. The summed E-state index contributed by atoms with van der Waals surface area (Å²) in [5.74, 6) is 2.50. The number of ether oxygens (including phenoxy) is 1. The van der Waals surface area contributed by atoms with E-state index in [0.29, 0.717) is 6.67 Å². The summed E-state index contributed by atoms with van der Waals surface area (Å²) in [6.07, 6.45) is 4.33. The van der Waals surface area contributed by atoms with Crippen LogP contribution in [-0.4, -0.2) is 16.2 Å². The Bertz CT molecular complexity index is 2930. The standard InChI is InChI=1S/C61H74N4O/c1-56(2,3)41-23-26-52-51(34-41)50-25-24-48(37-53(50)65(52)55-35-42(27-28-62-55)57(4,5)6)66-49-33-45(60(13,14)15)30-46(36-49)63-38-54(61(16,17)40-21-19-18-20-22-40)64(39-63)47-31-43(58(7,8)9)29-44(32-47)59(10,11)12/h18-38H,39H2,1-17H3. The maximum atomic E-state index is 7.05. The highest BCUT2D eigenvalue weighted by atomic mass is 16.5. The van der Waals surface area contributed by atoms with Crippen LogP contribution in [0.15, 0.2) is 133 Å². The minimum atomic E-state index is -0.292. The predicted octanol–water partition coefficient (Wildman–Crippen LogP) is 16.6. The summed E-state index contributed by atoms with van der Waals surface area (Å²) < 4.78 is 9.37. The summed E-state index contributed by atoms with van der Waals surface area (Å²) >= 11 is 0. The van der Waals surface area contributed by atoms with Gasteiger partial charge in [0.25, 0.3) is 0 Å². The van der Waals surface area contributed by atoms with Crippen LogP contribution in [-0.2, 0) is 32.5 Å². The Morgan fingerprint density at radius 3 is 1.62 bits per heavy atom. The summed E-state index contributed by atoms with van der Waals surface area (Å²) in [6.45, 7) is 39.8. The summed E-state index contributed by atoms with van der Waals surface area (Å²) in [5.41, 5.74) is 13.0. The zero-order valence-corrected chi connectivity index (χ0v) is 43.0. The number of benzene rings is 5. The fourth-order valence-corrected chi connectivity index (χ4v) is 9.16. The maximum absolute atomic E-state index is 7.05. The van der Waals surface area contributed by atoms with Crippen molar-refractivity contribution >= 4 is 33.2 Å². The molecule has 0 aliphatic carbocycles. The molecule has 1 aliphatic rings. The second kappa shape index (κ2) is 16.2. The monoisotopic (exact) mass is 879 g/mol. The highest BCUT2D eigenvalue weighted by Gasteiger charge is 2.37. The molecule has 66 heavy (non-hydrogen) atoms. The van der Waals surface area contributed by atoms with Gasteiger partial charge >= 0.3 is 0 Å². The van der Waals surface area contributed by atoms with Crippen LogP contribution in [0, 0.1) is 0 Å². The van der Waals surface area contributed by atoms with Crippen LogP contribution < -0.4 is 14.5 Å². The number of fused-ring (bicyclic) bond motifs is 3. The van der Waals surface area contributed by atoms with Crippen molar-refractivity contribution in [2.24, 2.45) is 0 Å². The van der Waals surface area contributed by atoms with Crippen molar-refractivity contribution in [1.82, 2.24) is 9.55 Å². The van der Waals surface area contributed by atoms with Gasteiger partial charge in [-0.3, -0.25) is 4.57 Å². The molecule has 0 bridgehead atoms. The quantitative estimate of drug-likeness (QED) is 0.160. The van der Waals surface area contributed by atoms with Crippen LogP contribution in [0.5, 0.6) is 11.5 Å². The lowest BCUT2D eigenvalue weighted by Crippen LogP contribution is -2.34. The van der Waals surface area contributed by atoms with Gasteiger partial charge in [0.15, 0.2) is 0 Å². The molecular weight excluding hydrogens is 805 g/mol. The minimum Gasteiger partial charge on any atom is -0.457 e. The molecule has 5 heteroatoms. The molecule has 0 saturated carbocycles. The summed E-state index contributed by atoms with van der Waals surface area (Å²) in [7, 11) is 0. The third-order valence-electron chi connectivity index (χ3n) is 13.7. The second-order valence-corrected chi connectivity index (χ2v) is 24.5. The molecular formula is C61H74N4O. The molecule has 8 rings (SSSR count). The van der Waals surface area contributed by atoms with E-state index in [9.17, 15) is 0 Å². The zero-order valence-electron chi connectivity index (χ0n) is 43.0. The van der Waals surface area contributed by atoms with Crippen molar-refractivity contribution in [3.8, 4) is 17.3 Å². The second-order valence-electron chi connectivity index (χ2n) is 24.5. The minimum absolute atomic E-state index is 0.0112. The van der Waals surface area contributed by atoms with Gasteiger partial charge < -0.3 is 14.5 Å². The van der Waals surface area contributed by atoms with Gasteiger partial charge in [0.05, 0.1) is 17.7 Å². The van der Waals surface area contributed by atoms with Gasteiger partial charge in [0.1, 0.15) is 17.3 Å². The molecule has 7 aromatic rings. The number of pyridine rings is 1. The lowest BCUT2D eigenvalue weighted by molar-refractivity contribution is 0.479. The molecule has 1 aliphatic heterocycles. The Labute approximate surface area is 396 Å². The smallest absolute Gasteiger partial charge is 0.137 e. The number of nitrogens with zero attached hydrogens (tertiary/aromatic N) is 4. The van der Waals surface area contributed by atoms with Gasteiger partial charge in [-0.25, -0.2) is 4.98 Å². The van der Waals surface area contributed by atoms with Gasteiger partial charge in [0.2, 0.25) is 0 Å². The van der Waals surface area contributed by atoms with E-state index < -0.39 is 0 Å². The molecule has 5 nitrogen and oxygen atoms in total. The third kappa shape index (κ3) is 9.15. The number of rotatable bonds is 7. The number of anilines is 2. The third-order valence-corrected chi connectivity index (χ3v) is 13.7. The highest BCUT2D eigenvalue weighted by Crippen LogP contribution is 2.45. The van der Waals surface area contributed by atoms with Crippen molar-refractivity contribution in [1.29, 1.82) is 0 Å². The lowest BCUT2D eigenvalue weighted by atomic mass is 9.79. The maximum Gasteiger partial charge on any atom is 0.137 e. The van der Waals surface area contributed by atoms with Crippen molar-refractivity contribution in [2.75, 3.05) is 16.5 Å². The molecule has 0 atom stereocenters. The van der Waals surface area contributed by atoms with E-state index in [2.05, 4.69) is 254 Å². The Morgan fingerprint density at radius 1 is 0.439 bits per heavy atom. The van der Waals surface area contributed by atoms with Gasteiger partial charge in [0, 0.05) is 57.8 Å². The summed E-state index contributed by atoms with van der Waals surface area (Å²) in [6, 6.07) is 42.8. The van der Waals surface area contributed by atoms with E-state index in [4.69, 9.17) is 9.72 Å². The molecule has 0 fully saturated rings. The first-order valence-corrected chi connectivity index (χ1v) is 24.0. The number of allylic oxidation sites excluding steroid dienone is 1. The molecule has 0 N–H and O–H groups in total. The fourth-order valence-electron chi connectivity index (χ4n) is 9.16. The van der Waals surface area contributed by atoms with Crippen molar-refractivity contribution in [2.45, 2.75) is 150 Å². The van der Waals surface area contributed by atoms with Gasteiger partial charge in [-0.2, -0.15) is 0 Å². The van der Waals surface area contributed by atoms with Gasteiger partial charge in [-0.1, -0.05) is 160 Å². The highest BCUT2D eigenvalue weighted by molar-refractivity contribution is 6.09. The van der Waals surface area contributed by atoms with E-state index in [1.54, 1.807) is 0 Å². The van der Waals surface area contributed by atoms with Crippen molar-refractivity contribution in [3.05, 3.63) is 167 Å². The van der Waals surface area contributed by atoms with Gasteiger partial charge in [-0.05, 0) is 121 Å². The lowest BCUT2D eigenvalue weighted by Gasteiger charge is -2.36. The molecule has 0 saturated heterocycles.